The van der Waals surface area contributed by atoms with Gasteiger partial charge in [0.15, 0.2) is 0 Å². The van der Waals surface area contributed by atoms with Crippen LogP contribution in [-0.4, -0.2) is 10.7 Å². The van der Waals surface area contributed by atoms with Gasteiger partial charge in [0.25, 0.3) is 0 Å². The van der Waals surface area contributed by atoms with Crippen molar-refractivity contribution in [3.05, 3.63) is 0 Å². The van der Waals surface area contributed by atoms with Crippen molar-refractivity contribution in [3.8, 4) is 6.07 Å². The minimum atomic E-state index is -1.10. The predicted octanol–water partition coefficient (Wildman–Crippen LogP) is 1.45. The first-order chi connectivity index (χ1) is 4.12. The number of hydrogen-bond acceptors (Lipinski definition) is 2. The third-order valence-electron chi connectivity index (χ3n) is 1.26. The van der Waals surface area contributed by atoms with Crippen LogP contribution in [0.15, 0.2) is 0 Å². The van der Waals surface area contributed by atoms with Crippen molar-refractivity contribution in [1.29, 1.82) is 5.26 Å². The molecule has 52 valence electrons. The van der Waals surface area contributed by atoms with Crippen molar-refractivity contribution in [1.82, 2.24) is 0 Å². The summed E-state index contributed by atoms with van der Waals surface area (Å²) in [5.74, 6) is 0. The molecule has 1 atom stereocenters. The summed E-state index contributed by atoms with van der Waals surface area (Å²) in [5.41, 5.74) is -1.10. The number of rotatable bonds is 3. The van der Waals surface area contributed by atoms with Gasteiger partial charge in [-0.2, -0.15) is 5.26 Å². The van der Waals surface area contributed by atoms with Crippen LogP contribution < -0.4 is 0 Å². The van der Waals surface area contributed by atoms with Crippen LogP contribution in [0.2, 0.25) is 0 Å². The highest BCUT2D eigenvalue weighted by Crippen LogP contribution is 2.10. The summed E-state index contributed by atoms with van der Waals surface area (Å²) in [6.45, 7) is 3.58. The fourth-order valence-corrected chi connectivity index (χ4v) is 0.577. The van der Waals surface area contributed by atoms with E-state index in [-0.39, 0.29) is 0 Å². The lowest BCUT2D eigenvalue weighted by atomic mass is 10.0. The van der Waals surface area contributed by atoms with E-state index < -0.39 is 5.60 Å². The lowest BCUT2D eigenvalue weighted by Gasteiger charge is -2.11. The number of hydrogen-bond donors (Lipinski definition) is 1. The van der Waals surface area contributed by atoms with Crippen LogP contribution in [0.4, 0.5) is 0 Å². The highest BCUT2D eigenvalue weighted by Gasteiger charge is 2.16. The van der Waals surface area contributed by atoms with E-state index in [1.807, 2.05) is 13.0 Å². The maximum atomic E-state index is 9.09. The third-order valence-corrected chi connectivity index (χ3v) is 1.26. The van der Waals surface area contributed by atoms with Crippen LogP contribution in [0, 0.1) is 11.3 Å². The molecule has 0 aliphatic heterocycles. The molecule has 0 bridgehead atoms. The molecule has 0 aromatic carbocycles. The molecule has 0 saturated heterocycles. The van der Waals surface area contributed by atoms with E-state index in [4.69, 9.17) is 10.4 Å². The van der Waals surface area contributed by atoms with Gasteiger partial charge in [-0.15, -0.1) is 0 Å². The molecule has 0 radical (unpaired) electrons. The molecule has 0 saturated carbocycles. The lowest BCUT2D eigenvalue weighted by Crippen LogP contribution is -2.20. The average Bonchev–Trinajstić information content (AvgIpc) is 1.84. The molecule has 1 N–H and O–H groups in total. The molecule has 0 rings (SSSR count). The molecule has 2 nitrogen and oxygen atoms in total. The molecule has 0 amide bonds. The topological polar surface area (TPSA) is 44.0 Å². The molecule has 0 heterocycles. The Morgan fingerprint density at radius 1 is 1.67 bits per heavy atom. The maximum absolute atomic E-state index is 9.09. The molecule has 9 heavy (non-hydrogen) atoms. The van der Waals surface area contributed by atoms with Crippen LogP contribution in [-0.2, 0) is 0 Å². The Bertz CT molecular complexity index is 113. The van der Waals surface area contributed by atoms with Crippen LogP contribution in [0.1, 0.15) is 33.1 Å². The highest BCUT2D eigenvalue weighted by atomic mass is 16.3. The van der Waals surface area contributed by atoms with Gasteiger partial charge in [-0.05, 0) is 19.8 Å². The van der Waals surface area contributed by atoms with Gasteiger partial charge < -0.3 is 5.11 Å². The molecule has 0 fully saturated rings. The van der Waals surface area contributed by atoms with Crippen LogP contribution in [0.25, 0.3) is 0 Å². The minimum absolute atomic E-state index is 0.583. The lowest BCUT2D eigenvalue weighted by molar-refractivity contribution is 0.107. The SMILES string of the molecule is CCCC[C@@](C)(O)C#N. The fourth-order valence-electron chi connectivity index (χ4n) is 0.577. The van der Waals surface area contributed by atoms with E-state index in [0.29, 0.717) is 6.42 Å². The van der Waals surface area contributed by atoms with Gasteiger partial charge in [-0.25, -0.2) is 0 Å². The molecule has 0 unspecified atom stereocenters. The Kier molecular flexibility index (Phi) is 3.26. The van der Waals surface area contributed by atoms with E-state index in [9.17, 15) is 0 Å². The molecular weight excluding hydrogens is 114 g/mol. The first kappa shape index (κ1) is 8.45. The van der Waals surface area contributed by atoms with Crippen LogP contribution >= 0.6 is 0 Å². The standard InChI is InChI=1S/C7H13NO/c1-3-4-5-7(2,9)6-8/h9H,3-5H2,1-2H3/t7-/m1/s1. The summed E-state index contributed by atoms with van der Waals surface area (Å²) in [6, 6.07) is 1.83. The second-order valence-corrected chi connectivity index (χ2v) is 2.49. The van der Waals surface area contributed by atoms with Crippen molar-refractivity contribution in [3.63, 3.8) is 0 Å². The zero-order valence-corrected chi connectivity index (χ0v) is 6.02. The first-order valence-electron chi connectivity index (χ1n) is 3.26. The van der Waals surface area contributed by atoms with Crippen molar-refractivity contribution >= 4 is 0 Å². The van der Waals surface area contributed by atoms with Crippen LogP contribution in [0.5, 0.6) is 0 Å². The Labute approximate surface area is 56.1 Å². The largest absolute Gasteiger partial charge is 0.376 e. The normalized spacial score (nSPS) is 16.2. The van der Waals surface area contributed by atoms with Gasteiger partial charge in [0.2, 0.25) is 0 Å². The van der Waals surface area contributed by atoms with Gasteiger partial charge in [0.1, 0.15) is 5.60 Å². The third kappa shape index (κ3) is 3.99. The summed E-state index contributed by atoms with van der Waals surface area (Å²) in [6.07, 6.45) is 2.53. The Morgan fingerprint density at radius 2 is 2.22 bits per heavy atom. The van der Waals surface area contributed by atoms with Crippen molar-refractivity contribution in [2.75, 3.05) is 0 Å². The molecule has 0 aliphatic rings. The molecular formula is C7H13NO. The fraction of sp³-hybridized carbons (Fsp3) is 0.857. The molecule has 0 aromatic rings. The molecule has 0 aromatic heterocycles. The minimum Gasteiger partial charge on any atom is -0.376 e. The van der Waals surface area contributed by atoms with Gasteiger partial charge in [0, 0.05) is 0 Å². The zero-order chi connectivity index (χ0) is 7.33. The summed E-state index contributed by atoms with van der Waals surface area (Å²) in [5, 5.41) is 17.4. The number of unbranched alkanes of at least 4 members (excludes halogenated alkanes) is 1. The van der Waals surface area contributed by atoms with E-state index in [1.54, 1.807) is 6.92 Å². The summed E-state index contributed by atoms with van der Waals surface area (Å²) in [7, 11) is 0. The maximum Gasteiger partial charge on any atom is 0.148 e. The summed E-state index contributed by atoms with van der Waals surface area (Å²) in [4.78, 5) is 0. The number of aliphatic hydroxyl groups is 1. The average molecular weight is 127 g/mol. The van der Waals surface area contributed by atoms with Gasteiger partial charge >= 0.3 is 0 Å². The Balaban J connectivity index is 3.49. The Morgan fingerprint density at radius 3 is 2.56 bits per heavy atom. The van der Waals surface area contributed by atoms with E-state index in [1.165, 1.54) is 0 Å². The first-order valence-corrected chi connectivity index (χ1v) is 3.26. The van der Waals surface area contributed by atoms with Crippen molar-refractivity contribution in [2.24, 2.45) is 0 Å². The second-order valence-electron chi connectivity index (χ2n) is 2.49. The molecule has 0 aliphatic carbocycles. The Hall–Kier alpha value is -0.550. The second kappa shape index (κ2) is 3.47. The van der Waals surface area contributed by atoms with Crippen LogP contribution in [0.3, 0.4) is 0 Å². The highest BCUT2D eigenvalue weighted by molar-refractivity contribution is 4.95. The number of nitrogens with zero attached hydrogens (tertiary/aromatic N) is 1. The van der Waals surface area contributed by atoms with Gasteiger partial charge in [-0.3, -0.25) is 0 Å². The zero-order valence-electron chi connectivity index (χ0n) is 6.02. The van der Waals surface area contributed by atoms with E-state index in [0.717, 1.165) is 12.8 Å². The van der Waals surface area contributed by atoms with Crippen molar-refractivity contribution in [2.45, 2.75) is 38.7 Å². The monoisotopic (exact) mass is 127 g/mol. The predicted molar refractivity (Wildman–Crippen MR) is 35.8 cm³/mol. The van der Waals surface area contributed by atoms with Gasteiger partial charge in [0.05, 0.1) is 6.07 Å². The quantitative estimate of drug-likeness (QED) is 0.583. The molecule has 0 spiro atoms. The smallest absolute Gasteiger partial charge is 0.148 e. The van der Waals surface area contributed by atoms with Gasteiger partial charge in [-0.1, -0.05) is 13.3 Å². The van der Waals surface area contributed by atoms with E-state index >= 15 is 0 Å². The summed E-state index contributed by atoms with van der Waals surface area (Å²) < 4.78 is 0. The molecule has 2 heteroatoms. The number of nitriles is 1. The van der Waals surface area contributed by atoms with E-state index in [2.05, 4.69) is 0 Å². The summed E-state index contributed by atoms with van der Waals surface area (Å²) >= 11 is 0. The van der Waals surface area contributed by atoms with Crippen molar-refractivity contribution < 1.29 is 5.11 Å².